The fourth-order valence-corrected chi connectivity index (χ4v) is 4.08. The van der Waals surface area contributed by atoms with Crippen LogP contribution in [0.3, 0.4) is 0 Å². The highest BCUT2D eigenvalue weighted by atomic mass is 79.9. The molecule has 25 heavy (non-hydrogen) atoms. The molecule has 0 radical (unpaired) electrons. The normalized spacial score (nSPS) is 20.8. The average molecular weight is 409 g/mol. The molecule has 0 bridgehead atoms. The van der Waals surface area contributed by atoms with Gasteiger partial charge in [-0.15, -0.1) is 0 Å². The predicted octanol–water partition coefficient (Wildman–Crippen LogP) is 2.97. The fourth-order valence-electron chi connectivity index (χ4n) is 3.68. The van der Waals surface area contributed by atoms with Gasteiger partial charge in [-0.05, 0) is 43.4 Å². The molecule has 0 aromatic heterocycles. The van der Waals surface area contributed by atoms with E-state index >= 15 is 0 Å². The van der Waals surface area contributed by atoms with Gasteiger partial charge in [-0.25, -0.2) is 0 Å². The summed E-state index contributed by atoms with van der Waals surface area (Å²) in [6.07, 6.45) is 4.99. The molecule has 6 heteroatoms. The van der Waals surface area contributed by atoms with Crippen molar-refractivity contribution < 1.29 is 14.3 Å². The minimum atomic E-state index is -0.423. The summed E-state index contributed by atoms with van der Waals surface area (Å²) in [6, 6.07) is 8.07. The molecule has 1 N–H and O–H groups in total. The van der Waals surface area contributed by atoms with Crippen LogP contribution in [0.15, 0.2) is 28.7 Å². The van der Waals surface area contributed by atoms with Crippen molar-refractivity contribution in [2.75, 3.05) is 26.3 Å². The molecule has 5 nitrogen and oxygen atoms in total. The number of carbonyl (C=O) groups excluding carboxylic acids is 2. The summed E-state index contributed by atoms with van der Waals surface area (Å²) in [5, 5.41) is 3.23. The van der Waals surface area contributed by atoms with Crippen molar-refractivity contribution in [1.29, 1.82) is 0 Å². The van der Waals surface area contributed by atoms with E-state index in [0.29, 0.717) is 26.2 Å². The van der Waals surface area contributed by atoms with Crippen molar-refractivity contribution in [1.82, 2.24) is 10.2 Å². The topological polar surface area (TPSA) is 58.6 Å². The Labute approximate surface area is 157 Å². The number of ether oxygens (including phenoxy) is 1. The number of likely N-dealkylation sites (tertiary alicyclic amines) is 1. The van der Waals surface area contributed by atoms with Gasteiger partial charge in [0.15, 0.2) is 0 Å². The number of hydrogen-bond acceptors (Lipinski definition) is 3. The zero-order valence-electron chi connectivity index (χ0n) is 14.4. The third-order valence-corrected chi connectivity index (χ3v) is 5.60. The molecule has 0 unspecified atom stereocenters. The molecule has 2 aliphatic rings. The molecule has 0 aliphatic carbocycles. The van der Waals surface area contributed by atoms with Crippen molar-refractivity contribution in [3.05, 3.63) is 34.3 Å². The molecule has 2 amide bonds. The average Bonchev–Trinajstić information content (AvgIpc) is 2.80. The maximum Gasteiger partial charge on any atom is 0.240 e. The molecule has 2 fully saturated rings. The summed E-state index contributed by atoms with van der Waals surface area (Å²) in [5.74, 6) is 0.00765. The molecular formula is C19H25BrN2O3. The van der Waals surface area contributed by atoms with Gasteiger partial charge in [-0.3, -0.25) is 9.59 Å². The number of nitrogens with one attached hydrogen (secondary N) is 1. The molecule has 136 valence electrons. The van der Waals surface area contributed by atoms with Crippen molar-refractivity contribution in [3.8, 4) is 0 Å². The van der Waals surface area contributed by atoms with Crippen LogP contribution in [0.1, 0.15) is 44.1 Å². The predicted molar refractivity (Wildman–Crippen MR) is 99.1 cm³/mol. The number of nitrogens with zero attached hydrogens (tertiary/aromatic N) is 1. The zero-order chi connectivity index (χ0) is 17.7. The van der Waals surface area contributed by atoms with E-state index in [9.17, 15) is 9.59 Å². The van der Waals surface area contributed by atoms with Crippen LogP contribution < -0.4 is 5.32 Å². The summed E-state index contributed by atoms with van der Waals surface area (Å²) >= 11 is 3.52. The van der Waals surface area contributed by atoms with E-state index in [0.717, 1.165) is 42.1 Å². The van der Waals surface area contributed by atoms with Crippen LogP contribution >= 0.6 is 15.9 Å². The quantitative estimate of drug-likeness (QED) is 0.832. The monoisotopic (exact) mass is 408 g/mol. The highest BCUT2D eigenvalue weighted by Crippen LogP contribution is 2.33. The Bertz CT molecular complexity index is 629. The Morgan fingerprint density at radius 1 is 1.24 bits per heavy atom. The second-order valence-electron chi connectivity index (χ2n) is 6.88. The number of rotatable bonds is 4. The Kier molecular flexibility index (Phi) is 6.12. The molecule has 2 saturated heterocycles. The van der Waals surface area contributed by atoms with E-state index in [4.69, 9.17) is 4.74 Å². The van der Waals surface area contributed by atoms with Gasteiger partial charge in [0, 0.05) is 30.7 Å². The van der Waals surface area contributed by atoms with Crippen LogP contribution in [0.4, 0.5) is 0 Å². The largest absolute Gasteiger partial charge is 0.381 e. The van der Waals surface area contributed by atoms with E-state index < -0.39 is 5.54 Å². The van der Waals surface area contributed by atoms with Gasteiger partial charge in [-0.2, -0.15) is 0 Å². The van der Waals surface area contributed by atoms with Gasteiger partial charge in [0.05, 0.1) is 12.1 Å². The first kappa shape index (κ1) is 18.4. The minimum Gasteiger partial charge on any atom is -0.381 e. The number of halogens is 1. The summed E-state index contributed by atoms with van der Waals surface area (Å²) < 4.78 is 6.51. The van der Waals surface area contributed by atoms with Crippen LogP contribution in [0.2, 0.25) is 0 Å². The maximum atomic E-state index is 12.7. The van der Waals surface area contributed by atoms with Gasteiger partial charge in [0.2, 0.25) is 11.8 Å². The van der Waals surface area contributed by atoms with E-state index in [2.05, 4.69) is 27.3 Å². The highest BCUT2D eigenvalue weighted by molar-refractivity contribution is 9.10. The number of amides is 2. The Hall–Kier alpha value is -1.40. The third kappa shape index (κ3) is 4.61. The van der Waals surface area contributed by atoms with Crippen molar-refractivity contribution in [2.24, 2.45) is 0 Å². The standard InChI is InChI=1S/C19H25BrN2O3/c20-16-6-4-5-15(13-16)19(8-11-25-12-9-19)21-17(23)14-22-10-3-1-2-7-18(22)24/h4-6,13H,1-3,7-12,14H2,(H,21,23). The summed E-state index contributed by atoms with van der Waals surface area (Å²) in [5.41, 5.74) is 0.661. The summed E-state index contributed by atoms with van der Waals surface area (Å²) in [7, 11) is 0. The SMILES string of the molecule is O=C(CN1CCCCCC1=O)NC1(c2cccc(Br)c2)CCOCC1. The van der Waals surface area contributed by atoms with E-state index in [1.165, 1.54) is 0 Å². The lowest BCUT2D eigenvalue weighted by Gasteiger charge is -2.39. The maximum absolute atomic E-state index is 12.7. The first-order valence-electron chi connectivity index (χ1n) is 9.02. The molecule has 2 aliphatic heterocycles. The van der Waals surface area contributed by atoms with Gasteiger partial charge >= 0.3 is 0 Å². The van der Waals surface area contributed by atoms with Gasteiger partial charge in [0.25, 0.3) is 0 Å². The van der Waals surface area contributed by atoms with Gasteiger partial charge in [-0.1, -0.05) is 34.5 Å². The summed E-state index contributed by atoms with van der Waals surface area (Å²) in [4.78, 5) is 26.6. The lowest BCUT2D eigenvalue weighted by molar-refractivity contribution is -0.136. The first-order valence-corrected chi connectivity index (χ1v) is 9.81. The molecule has 1 aromatic carbocycles. The van der Waals surface area contributed by atoms with Crippen LogP contribution in [0.25, 0.3) is 0 Å². The molecular weight excluding hydrogens is 384 g/mol. The molecule has 0 saturated carbocycles. The molecule has 2 heterocycles. The van der Waals surface area contributed by atoms with E-state index in [1.807, 2.05) is 18.2 Å². The third-order valence-electron chi connectivity index (χ3n) is 5.11. The van der Waals surface area contributed by atoms with Crippen molar-refractivity contribution in [2.45, 2.75) is 44.1 Å². The lowest BCUT2D eigenvalue weighted by atomic mass is 9.82. The number of carbonyl (C=O) groups is 2. The van der Waals surface area contributed by atoms with Gasteiger partial charge < -0.3 is 15.0 Å². The first-order chi connectivity index (χ1) is 12.1. The molecule has 3 rings (SSSR count). The zero-order valence-corrected chi connectivity index (χ0v) is 16.0. The lowest BCUT2D eigenvalue weighted by Crippen LogP contribution is -2.52. The number of benzene rings is 1. The summed E-state index contributed by atoms with van der Waals surface area (Å²) in [6.45, 7) is 2.07. The smallest absolute Gasteiger partial charge is 0.240 e. The van der Waals surface area contributed by atoms with Crippen LogP contribution in [-0.2, 0) is 19.9 Å². The molecule has 0 spiro atoms. The van der Waals surface area contributed by atoms with Crippen molar-refractivity contribution in [3.63, 3.8) is 0 Å². The Morgan fingerprint density at radius 3 is 2.80 bits per heavy atom. The highest BCUT2D eigenvalue weighted by Gasteiger charge is 2.36. The van der Waals surface area contributed by atoms with Gasteiger partial charge in [0.1, 0.15) is 0 Å². The second kappa shape index (κ2) is 8.32. The van der Waals surface area contributed by atoms with Crippen LogP contribution in [0, 0.1) is 0 Å². The Morgan fingerprint density at radius 2 is 2.04 bits per heavy atom. The number of hydrogen-bond donors (Lipinski definition) is 1. The second-order valence-corrected chi connectivity index (χ2v) is 7.79. The van der Waals surface area contributed by atoms with Crippen LogP contribution in [-0.4, -0.2) is 43.0 Å². The fraction of sp³-hybridized carbons (Fsp3) is 0.579. The van der Waals surface area contributed by atoms with Crippen molar-refractivity contribution >= 4 is 27.7 Å². The van der Waals surface area contributed by atoms with Crippen LogP contribution in [0.5, 0.6) is 0 Å². The van der Waals surface area contributed by atoms with E-state index in [-0.39, 0.29) is 18.4 Å². The van der Waals surface area contributed by atoms with E-state index in [1.54, 1.807) is 4.90 Å². The molecule has 0 atom stereocenters. The molecule has 1 aromatic rings. The Balaban J connectivity index is 1.74. The minimum absolute atomic E-state index is 0.0860.